The maximum Gasteiger partial charge on any atom is 0.246 e. The van der Waals surface area contributed by atoms with Gasteiger partial charge in [0.05, 0.1) is 5.02 Å². The summed E-state index contributed by atoms with van der Waals surface area (Å²) in [6, 6.07) is 13.1. The van der Waals surface area contributed by atoms with Crippen molar-refractivity contribution in [3.63, 3.8) is 0 Å². The van der Waals surface area contributed by atoms with E-state index in [9.17, 15) is 12.8 Å². The molecule has 1 aliphatic heterocycles. The lowest BCUT2D eigenvalue weighted by Crippen LogP contribution is -2.32. The van der Waals surface area contributed by atoms with Crippen LogP contribution in [0.1, 0.15) is 11.5 Å². The predicted octanol–water partition coefficient (Wildman–Crippen LogP) is 2.59. The van der Waals surface area contributed by atoms with Gasteiger partial charge in [0.2, 0.25) is 10.0 Å². The third kappa shape index (κ3) is 2.99. The molecule has 0 amide bonds. The zero-order valence-corrected chi connectivity index (χ0v) is 13.8. The second-order valence-corrected chi connectivity index (χ2v) is 7.87. The summed E-state index contributed by atoms with van der Waals surface area (Å²) in [5.41, 5.74) is 7.09. The molecule has 2 aromatic carbocycles. The van der Waals surface area contributed by atoms with Crippen LogP contribution >= 0.6 is 11.6 Å². The number of nitrogens with zero attached hydrogens (tertiary/aromatic N) is 1. The standard InChI is InChI=1S/C16H16ClFN2O2S/c17-13-7-4-8-15(16(13)18)23(21,22)20-9-12(14(19)10-20)11-5-2-1-3-6-11/h1-8,12,14H,9-10,19H2/t12-,14+/m0/s1. The Morgan fingerprint density at radius 1 is 1.09 bits per heavy atom. The minimum atomic E-state index is -3.97. The molecule has 0 aliphatic carbocycles. The summed E-state index contributed by atoms with van der Waals surface area (Å²) in [4.78, 5) is -0.411. The van der Waals surface area contributed by atoms with E-state index in [1.807, 2.05) is 30.3 Å². The highest BCUT2D eigenvalue weighted by molar-refractivity contribution is 7.89. The lowest BCUT2D eigenvalue weighted by Gasteiger charge is -2.17. The van der Waals surface area contributed by atoms with Gasteiger partial charge < -0.3 is 5.73 Å². The van der Waals surface area contributed by atoms with Crippen LogP contribution in [0.2, 0.25) is 5.02 Å². The molecule has 1 heterocycles. The van der Waals surface area contributed by atoms with E-state index >= 15 is 0 Å². The van der Waals surface area contributed by atoms with E-state index in [2.05, 4.69) is 0 Å². The van der Waals surface area contributed by atoms with E-state index < -0.39 is 20.7 Å². The van der Waals surface area contributed by atoms with Crippen molar-refractivity contribution in [1.29, 1.82) is 0 Å². The zero-order chi connectivity index (χ0) is 16.6. The van der Waals surface area contributed by atoms with Crippen LogP contribution in [-0.2, 0) is 10.0 Å². The summed E-state index contributed by atoms with van der Waals surface area (Å²) in [7, 11) is -3.97. The maximum absolute atomic E-state index is 14.1. The van der Waals surface area contributed by atoms with Gasteiger partial charge in [0.15, 0.2) is 5.82 Å². The number of hydrogen-bond acceptors (Lipinski definition) is 3. The average molecular weight is 355 g/mol. The van der Waals surface area contributed by atoms with Crippen LogP contribution in [0.5, 0.6) is 0 Å². The molecule has 1 saturated heterocycles. The van der Waals surface area contributed by atoms with Crippen LogP contribution in [-0.4, -0.2) is 31.9 Å². The van der Waals surface area contributed by atoms with E-state index in [4.69, 9.17) is 17.3 Å². The lowest BCUT2D eigenvalue weighted by molar-refractivity contribution is 0.463. The lowest BCUT2D eigenvalue weighted by atomic mass is 9.95. The number of halogens is 2. The zero-order valence-electron chi connectivity index (χ0n) is 12.2. The second-order valence-electron chi connectivity index (χ2n) is 5.56. The quantitative estimate of drug-likeness (QED) is 0.921. The maximum atomic E-state index is 14.1. The van der Waals surface area contributed by atoms with Gasteiger partial charge in [-0.3, -0.25) is 0 Å². The van der Waals surface area contributed by atoms with Crippen molar-refractivity contribution in [2.24, 2.45) is 5.73 Å². The Balaban J connectivity index is 1.92. The summed E-state index contributed by atoms with van der Waals surface area (Å²) >= 11 is 5.70. The molecular weight excluding hydrogens is 339 g/mol. The third-order valence-corrected chi connectivity index (χ3v) is 6.23. The molecular formula is C16H16ClFN2O2S. The van der Waals surface area contributed by atoms with E-state index in [-0.39, 0.29) is 30.1 Å². The molecule has 2 N–H and O–H groups in total. The van der Waals surface area contributed by atoms with E-state index in [0.717, 1.165) is 5.56 Å². The topological polar surface area (TPSA) is 63.4 Å². The minimum Gasteiger partial charge on any atom is -0.326 e. The van der Waals surface area contributed by atoms with Crippen molar-refractivity contribution < 1.29 is 12.8 Å². The Morgan fingerprint density at radius 3 is 2.48 bits per heavy atom. The van der Waals surface area contributed by atoms with E-state index in [1.165, 1.54) is 22.5 Å². The first-order valence-corrected chi connectivity index (χ1v) is 8.98. The largest absolute Gasteiger partial charge is 0.326 e. The van der Waals surface area contributed by atoms with Gasteiger partial charge in [0, 0.05) is 25.0 Å². The number of benzene rings is 2. The van der Waals surface area contributed by atoms with E-state index in [0.29, 0.717) is 0 Å². The monoisotopic (exact) mass is 354 g/mol. The highest BCUT2D eigenvalue weighted by Crippen LogP contribution is 2.32. The molecule has 122 valence electrons. The average Bonchev–Trinajstić information content (AvgIpc) is 2.93. The molecule has 1 aliphatic rings. The molecule has 0 spiro atoms. The number of nitrogens with two attached hydrogens (primary N) is 1. The Kier molecular flexibility index (Phi) is 4.42. The van der Waals surface area contributed by atoms with Gasteiger partial charge in [-0.2, -0.15) is 4.31 Å². The third-order valence-electron chi connectivity index (χ3n) is 4.09. The van der Waals surface area contributed by atoms with Crippen LogP contribution in [0.15, 0.2) is 53.4 Å². The first kappa shape index (κ1) is 16.4. The normalized spacial score (nSPS) is 22.4. The van der Waals surface area contributed by atoms with Crippen molar-refractivity contribution in [3.05, 3.63) is 64.9 Å². The van der Waals surface area contributed by atoms with Crippen LogP contribution in [0.3, 0.4) is 0 Å². The SMILES string of the molecule is N[C@@H]1CN(S(=O)(=O)c2cccc(Cl)c2F)C[C@H]1c1ccccc1. The van der Waals surface area contributed by atoms with Crippen LogP contribution in [0.25, 0.3) is 0 Å². The fraction of sp³-hybridized carbons (Fsp3) is 0.250. The van der Waals surface area contributed by atoms with Gasteiger partial charge in [-0.25, -0.2) is 12.8 Å². The molecule has 0 aromatic heterocycles. The second kappa shape index (κ2) is 6.20. The summed E-state index contributed by atoms with van der Waals surface area (Å²) in [6.45, 7) is 0.368. The Morgan fingerprint density at radius 2 is 1.78 bits per heavy atom. The van der Waals surface area contributed by atoms with Crippen molar-refractivity contribution in [3.8, 4) is 0 Å². The molecule has 3 rings (SSSR count). The molecule has 0 bridgehead atoms. The van der Waals surface area contributed by atoms with Crippen molar-refractivity contribution >= 4 is 21.6 Å². The summed E-state index contributed by atoms with van der Waals surface area (Å²) < 4.78 is 40.7. The first-order valence-electron chi connectivity index (χ1n) is 7.16. The van der Waals surface area contributed by atoms with Crippen molar-refractivity contribution in [1.82, 2.24) is 4.31 Å². The number of hydrogen-bond donors (Lipinski definition) is 1. The highest BCUT2D eigenvalue weighted by Gasteiger charge is 2.39. The van der Waals surface area contributed by atoms with Gasteiger partial charge in [-0.15, -0.1) is 0 Å². The predicted molar refractivity (Wildman–Crippen MR) is 87.3 cm³/mol. The number of rotatable bonds is 3. The summed E-state index contributed by atoms with van der Waals surface area (Å²) in [5, 5.41) is -0.214. The van der Waals surface area contributed by atoms with Crippen LogP contribution in [0, 0.1) is 5.82 Å². The van der Waals surface area contributed by atoms with E-state index in [1.54, 1.807) is 0 Å². The fourth-order valence-electron chi connectivity index (χ4n) is 2.86. The Hall–Kier alpha value is -1.47. The molecule has 1 fully saturated rings. The molecule has 23 heavy (non-hydrogen) atoms. The fourth-order valence-corrected chi connectivity index (χ4v) is 4.68. The van der Waals surface area contributed by atoms with Gasteiger partial charge in [0.25, 0.3) is 0 Å². The van der Waals surface area contributed by atoms with Gasteiger partial charge in [0.1, 0.15) is 4.90 Å². The first-order chi connectivity index (χ1) is 10.9. The van der Waals surface area contributed by atoms with Crippen molar-refractivity contribution in [2.45, 2.75) is 16.9 Å². The van der Waals surface area contributed by atoms with Crippen LogP contribution < -0.4 is 5.73 Å². The molecule has 7 heteroatoms. The molecule has 0 saturated carbocycles. The molecule has 2 aromatic rings. The smallest absolute Gasteiger partial charge is 0.246 e. The molecule has 2 atom stereocenters. The van der Waals surface area contributed by atoms with Gasteiger partial charge >= 0.3 is 0 Å². The number of sulfonamides is 1. The minimum absolute atomic E-state index is 0.117. The summed E-state index contributed by atoms with van der Waals surface area (Å²) in [6.07, 6.45) is 0. The van der Waals surface area contributed by atoms with Gasteiger partial charge in [-0.05, 0) is 17.7 Å². The Bertz CT molecular complexity index is 814. The highest BCUT2D eigenvalue weighted by atomic mass is 35.5. The molecule has 4 nitrogen and oxygen atoms in total. The Labute approximate surface area is 139 Å². The summed E-state index contributed by atoms with van der Waals surface area (Å²) in [5.74, 6) is -1.04. The van der Waals surface area contributed by atoms with Crippen molar-refractivity contribution in [2.75, 3.05) is 13.1 Å². The molecule has 0 radical (unpaired) electrons. The van der Waals surface area contributed by atoms with Crippen LogP contribution in [0.4, 0.5) is 4.39 Å². The van der Waals surface area contributed by atoms with Gasteiger partial charge in [-0.1, -0.05) is 48.0 Å². The molecule has 0 unspecified atom stereocenters.